The van der Waals surface area contributed by atoms with Gasteiger partial charge in [0.25, 0.3) is 0 Å². The summed E-state index contributed by atoms with van der Waals surface area (Å²) in [7, 11) is -3.12. The molecule has 0 aromatic rings. The first-order valence-corrected chi connectivity index (χ1v) is 1.70. The molecule has 0 aliphatic rings. The van der Waals surface area contributed by atoms with Crippen molar-refractivity contribution in [2.75, 3.05) is 0 Å². The Morgan fingerprint density at radius 2 is 0.833 bits per heavy atom. The van der Waals surface area contributed by atoms with E-state index in [1.165, 1.54) is 0 Å². The van der Waals surface area contributed by atoms with Crippen molar-refractivity contribution < 1.29 is 82.2 Å². The number of hydrogen-bond donors (Lipinski definition) is 1. The van der Waals surface area contributed by atoms with Crippen molar-refractivity contribution in [1.82, 2.24) is 0 Å². The van der Waals surface area contributed by atoms with Crippen LogP contribution in [0.5, 0.6) is 0 Å². The first-order chi connectivity index (χ1) is 1.73. The van der Waals surface area contributed by atoms with E-state index in [0.29, 0.717) is 0 Å². The van der Waals surface area contributed by atoms with Crippen molar-refractivity contribution >= 4 is 8.25 Å². The summed E-state index contributed by atoms with van der Waals surface area (Å²) in [6.45, 7) is 0. The van der Waals surface area contributed by atoms with Gasteiger partial charge in [0.1, 0.15) is 0 Å². The van der Waals surface area contributed by atoms with Gasteiger partial charge in [-0.1, -0.05) is 0 Å². The third-order valence-corrected chi connectivity index (χ3v) is 0. The fourth-order valence-corrected chi connectivity index (χ4v) is 0. The fraction of sp³-hybridized carbons (Fsp3) is 0. The third kappa shape index (κ3) is 1860. The molecule has 0 amide bonds. The number of hydrogen-bond acceptors (Lipinski definition) is 2. The van der Waals surface area contributed by atoms with Gasteiger partial charge in [-0.15, -0.1) is 0 Å². The summed E-state index contributed by atoms with van der Waals surface area (Å²) in [4.78, 5) is 15.6. The molecule has 10 nitrogen and oxygen atoms in total. The average molecular weight is 229 g/mol. The van der Waals surface area contributed by atoms with E-state index in [9.17, 15) is 0 Å². The molecule has 0 aromatic carbocycles. The summed E-state index contributed by atoms with van der Waals surface area (Å²) >= 11 is 0. The van der Waals surface area contributed by atoms with Gasteiger partial charge in [0.2, 0.25) is 0 Å². The molecule has 1 atom stereocenters. The van der Waals surface area contributed by atoms with Gasteiger partial charge in [-0.25, -0.2) is 0 Å². The maximum atomic E-state index is 8.59. The van der Waals surface area contributed by atoms with Gasteiger partial charge < -0.3 is 43.2 Å². The molecular formula is H15NaO10P+. The maximum absolute atomic E-state index is 8.59. The van der Waals surface area contributed by atoms with Crippen LogP contribution in [0.1, 0.15) is 0 Å². The predicted octanol–water partition coefficient (Wildman–Crippen LogP) is -9.77. The van der Waals surface area contributed by atoms with Crippen LogP contribution in [0.15, 0.2) is 0 Å². The minimum Gasteiger partial charge on any atom is -0.567 e. The molecule has 0 aliphatic carbocycles. The Bertz CT molecular complexity index is 32.8. The molecule has 12 heteroatoms. The molecule has 0 bridgehead atoms. The van der Waals surface area contributed by atoms with Crippen LogP contribution in [0.2, 0.25) is 0 Å². The van der Waals surface area contributed by atoms with Crippen molar-refractivity contribution in [2.24, 2.45) is 0 Å². The van der Waals surface area contributed by atoms with E-state index in [4.69, 9.17) is 14.4 Å². The molecule has 0 saturated carbocycles. The second-order valence-corrected chi connectivity index (χ2v) is 0.714. The minimum atomic E-state index is -3.12. The van der Waals surface area contributed by atoms with Crippen molar-refractivity contribution in [3.05, 3.63) is 0 Å². The van der Waals surface area contributed by atoms with Gasteiger partial charge in [-0.2, -0.15) is 4.89 Å². The van der Waals surface area contributed by atoms with Crippen molar-refractivity contribution in [3.63, 3.8) is 0 Å². The van der Waals surface area contributed by atoms with E-state index in [1.807, 2.05) is 0 Å². The Hall–Kier alpha value is 0.740. The van der Waals surface area contributed by atoms with Gasteiger partial charge in [0.15, 0.2) is 0 Å². The normalized spacial score (nSPS) is 3.67. The van der Waals surface area contributed by atoms with E-state index in [-0.39, 0.29) is 67.9 Å². The van der Waals surface area contributed by atoms with E-state index < -0.39 is 8.25 Å². The predicted molar refractivity (Wildman–Crippen MR) is 35.1 cm³/mol. The Morgan fingerprint density at radius 1 is 0.833 bits per heavy atom. The second-order valence-electron chi connectivity index (χ2n) is 0.238. The Morgan fingerprint density at radius 3 is 0.833 bits per heavy atom. The molecule has 0 aliphatic heterocycles. The molecule has 0 saturated heterocycles. The zero-order chi connectivity index (χ0) is 3.58. The topological polar surface area (TPSA) is 281 Å². The van der Waals surface area contributed by atoms with Crippen molar-refractivity contribution in [2.45, 2.75) is 0 Å². The molecule has 12 heavy (non-hydrogen) atoms. The summed E-state index contributed by atoms with van der Waals surface area (Å²) < 4.78 is 8.59. The van der Waals surface area contributed by atoms with Crippen LogP contribution < -0.4 is 34.5 Å². The number of rotatable bonds is 0. The van der Waals surface area contributed by atoms with Crippen LogP contribution in [0.25, 0.3) is 0 Å². The standard InChI is InChI=1S/Na.HO3P.7H2O/c;1-4(2)3;;;;;;;/h;(H,1,2,3);7*1H2/q+1;;;;;;;;. The summed E-state index contributed by atoms with van der Waals surface area (Å²) in [6, 6.07) is 0. The summed E-state index contributed by atoms with van der Waals surface area (Å²) in [5.41, 5.74) is 0. The molecular weight excluding hydrogens is 214 g/mol. The molecule has 0 fully saturated rings. The Balaban J connectivity index is -0.00000000161. The first kappa shape index (κ1) is 126. The molecule has 1 unspecified atom stereocenters. The van der Waals surface area contributed by atoms with Gasteiger partial charge in [0, 0.05) is 0 Å². The SMILES string of the molecule is O.O.O.O.O.O.O.O=[P+]([O-])O.[Na+]. The monoisotopic (exact) mass is 229 g/mol. The van der Waals surface area contributed by atoms with E-state index in [1.54, 1.807) is 0 Å². The van der Waals surface area contributed by atoms with Crippen LogP contribution in [0, 0.1) is 0 Å². The Kier molecular flexibility index (Phi) is 1010. The molecule has 0 rings (SSSR count). The van der Waals surface area contributed by atoms with Gasteiger partial charge in [-0.05, 0) is 4.57 Å². The van der Waals surface area contributed by atoms with Crippen LogP contribution in [-0.2, 0) is 4.57 Å². The van der Waals surface area contributed by atoms with Crippen molar-refractivity contribution in [1.29, 1.82) is 0 Å². The molecule has 0 aromatic heterocycles. The molecule has 80 valence electrons. The largest absolute Gasteiger partial charge is 1.00 e. The minimum absolute atomic E-state index is 0. The zero-order valence-electron chi connectivity index (χ0n) is 6.21. The summed E-state index contributed by atoms with van der Waals surface area (Å²) in [6.07, 6.45) is 0. The molecule has 0 heterocycles. The van der Waals surface area contributed by atoms with E-state index >= 15 is 0 Å². The second kappa shape index (κ2) is 96.8. The smallest absolute Gasteiger partial charge is 0.567 e. The van der Waals surface area contributed by atoms with E-state index in [2.05, 4.69) is 0 Å². The van der Waals surface area contributed by atoms with Crippen LogP contribution >= 0.6 is 8.25 Å². The zero-order valence-corrected chi connectivity index (χ0v) is 9.11. The maximum Gasteiger partial charge on any atom is 1.00 e. The molecule has 0 spiro atoms. The van der Waals surface area contributed by atoms with Crippen LogP contribution in [0.3, 0.4) is 0 Å². The molecule has 0 radical (unpaired) electrons. The van der Waals surface area contributed by atoms with Crippen molar-refractivity contribution in [3.8, 4) is 0 Å². The third-order valence-electron chi connectivity index (χ3n) is 0. The van der Waals surface area contributed by atoms with Crippen LogP contribution in [0.4, 0.5) is 0 Å². The Labute approximate surface area is 90.6 Å². The quantitative estimate of drug-likeness (QED) is 0.312. The van der Waals surface area contributed by atoms with Gasteiger partial charge >= 0.3 is 37.8 Å². The van der Waals surface area contributed by atoms with Crippen LogP contribution in [-0.4, -0.2) is 43.2 Å². The fourth-order valence-electron chi connectivity index (χ4n) is 0. The molecule has 15 N–H and O–H groups in total. The van der Waals surface area contributed by atoms with Gasteiger partial charge in [0.05, 0.1) is 0 Å². The van der Waals surface area contributed by atoms with E-state index in [0.717, 1.165) is 0 Å². The first-order valence-electron chi connectivity index (χ1n) is 0.565. The van der Waals surface area contributed by atoms with Gasteiger partial charge in [-0.3, -0.25) is 0 Å². The summed E-state index contributed by atoms with van der Waals surface area (Å²) in [5.74, 6) is 0. The average Bonchev–Trinajstić information content (AvgIpc) is 0.811. The summed E-state index contributed by atoms with van der Waals surface area (Å²) in [5, 5.41) is 0.